The van der Waals surface area contributed by atoms with Crippen LogP contribution in [0, 0.1) is 11.8 Å². The molecule has 0 aliphatic heterocycles. The predicted molar refractivity (Wildman–Crippen MR) is 146 cm³/mol. The molecule has 3 rings (SSSR count). The molecule has 0 saturated heterocycles. The standard InChI is InChI=1S/C31H44N2/c1-20(2)26-14-10-15-27(21(3)4)30(26)32-18-24-12-9-13-25(24)19-33-31-28(22(5)6)16-11-17-29(31)23(7)8/h10-11,14-25H,9,12-13H2,1-8H3. The Morgan fingerprint density at radius 1 is 0.576 bits per heavy atom. The highest BCUT2D eigenvalue weighted by molar-refractivity contribution is 5.77. The minimum Gasteiger partial charge on any atom is -0.260 e. The van der Waals surface area contributed by atoms with Crippen LogP contribution in [-0.2, 0) is 0 Å². The summed E-state index contributed by atoms with van der Waals surface area (Å²) >= 11 is 0. The van der Waals surface area contributed by atoms with Crippen LogP contribution in [0.4, 0.5) is 11.4 Å². The SMILES string of the molecule is CC(C)c1cccc(C(C)C)c1N=CC1CCCC1C=Nc1c(C(C)C)cccc1C(C)C. The average molecular weight is 445 g/mol. The molecule has 1 aliphatic rings. The van der Waals surface area contributed by atoms with E-state index < -0.39 is 0 Å². The van der Waals surface area contributed by atoms with E-state index in [-0.39, 0.29) is 0 Å². The van der Waals surface area contributed by atoms with E-state index in [0.29, 0.717) is 35.5 Å². The maximum Gasteiger partial charge on any atom is 0.0694 e. The van der Waals surface area contributed by atoms with Crippen molar-refractivity contribution in [2.75, 3.05) is 0 Å². The second kappa shape index (κ2) is 11.3. The third kappa shape index (κ3) is 6.02. The minimum absolute atomic E-state index is 0.461. The van der Waals surface area contributed by atoms with Gasteiger partial charge in [-0.15, -0.1) is 0 Å². The van der Waals surface area contributed by atoms with Crippen molar-refractivity contribution < 1.29 is 0 Å². The van der Waals surface area contributed by atoms with Gasteiger partial charge in [0.1, 0.15) is 0 Å². The van der Waals surface area contributed by atoms with Crippen LogP contribution in [0.25, 0.3) is 0 Å². The molecule has 2 aromatic rings. The van der Waals surface area contributed by atoms with Gasteiger partial charge in [0.25, 0.3) is 0 Å². The van der Waals surface area contributed by atoms with Crippen molar-refractivity contribution in [2.24, 2.45) is 21.8 Å². The van der Waals surface area contributed by atoms with Gasteiger partial charge in [-0.3, -0.25) is 9.98 Å². The highest BCUT2D eigenvalue weighted by atomic mass is 14.8. The fraction of sp³-hybridized carbons (Fsp3) is 0.548. The molecule has 0 aromatic heterocycles. The number of rotatable bonds is 8. The van der Waals surface area contributed by atoms with Crippen molar-refractivity contribution >= 4 is 23.8 Å². The van der Waals surface area contributed by atoms with Crippen molar-refractivity contribution in [3.8, 4) is 0 Å². The van der Waals surface area contributed by atoms with Gasteiger partial charge in [0.15, 0.2) is 0 Å². The second-order valence-corrected chi connectivity index (χ2v) is 11.0. The Morgan fingerprint density at radius 3 is 1.15 bits per heavy atom. The maximum absolute atomic E-state index is 5.14. The van der Waals surface area contributed by atoms with Crippen molar-refractivity contribution in [2.45, 2.75) is 98.3 Å². The molecule has 0 spiro atoms. The molecule has 1 saturated carbocycles. The third-order valence-corrected chi connectivity index (χ3v) is 7.10. The van der Waals surface area contributed by atoms with E-state index in [2.05, 4.69) is 104 Å². The molecule has 2 atom stereocenters. The Balaban J connectivity index is 1.90. The van der Waals surface area contributed by atoms with E-state index in [1.807, 2.05) is 0 Å². The first-order chi connectivity index (χ1) is 15.7. The van der Waals surface area contributed by atoms with E-state index in [0.717, 1.165) is 0 Å². The summed E-state index contributed by atoms with van der Waals surface area (Å²) in [5.41, 5.74) is 7.80. The Hall–Kier alpha value is -2.22. The van der Waals surface area contributed by atoms with Crippen LogP contribution in [0.3, 0.4) is 0 Å². The van der Waals surface area contributed by atoms with Crippen LogP contribution in [-0.4, -0.2) is 12.4 Å². The number of hydrogen-bond acceptors (Lipinski definition) is 2. The smallest absolute Gasteiger partial charge is 0.0694 e. The molecule has 1 fully saturated rings. The van der Waals surface area contributed by atoms with Crippen molar-refractivity contribution in [3.63, 3.8) is 0 Å². The van der Waals surface area contributed by atoms with Gasteiger partial charge in [-0.05, 0) is 58.8 Å². The van der Waals surface area contributed by atoms with Crippen LogP contribution >= 0.6 is 0 Å². The normalized spacial score (nSPS) is 19.4. The lowest BCUT2D eigenvalue weighted by atomic mass is 9.92. The van der Waals surface area contributed by atoms with Gasteiger partial charge < -0.3 is 0 Å². The summed E-state index contributed by atoms with van der Waals surface area (Å²) < 4.78 is 0. The van der Waals surface area contributed by atoms with E-state index in [1.165, 1.54) is 52.9 Å². The Bertz CT molecular complexity index is 846. The van der Waals surface area contributed by atoms with Gasteiger partial charge in [-0.25, -0.2) is 0 Å². The van der Waals surface area contributed by atoms with E-state index in [4.69, 9.17) is 9.98 Å². The van der Waals surface area contributed by atoms with Crippen molar-refractivity contribution in [3.05, 3.63) is 58.7 Å². The molecule has 0 N–H and O–H groups in total. The zero-order valence-electron chi connectivity index (χ0n) is 22.1. The summed E-state index contributed by atoms with van der Waals surface area (Å²) in [5, 5.41) is 0. The molecule has 1 aliphatic carbocycles. The average Bonchev–Trinajstić information content (AvgIpc) is 3.22. The molecule has 2 aromatic carbocycles. The molecule has 178 valence electrons. The molecule has 0 amide bonds. The summed E-state index contributed by atoms with van der Waals surface area (Å²) in [6.45, 7) is 18.1. The number of aliphatic imine (C=N–C) groups is 2. The molecule has 2 unspecified atom stereocenters. The van der Waals surface area contributed by atoms with Gasteiger partial charge >= 0.3 is 0 Å². The number of benzene rings is 2. The highest BCUT2D eigenvalue weighted by Gasteiger charge is 2.25. The molecule has 33 heavy (non-hydrogen) atoms. The van der Waals surface area contributed by atoms with Gasteiger partial charge in [-0.1, -0.05) is 98.2 Å². The predicted octanol–water partition coefficient (Wildman–Crippen LogP) is 9.70. The zero-order chi connectivity index (χ0) is 24.1. The van der Waals surface area contributed by atoms with E-state index in [1.54, 1.807) is 0 Å². The second-order valence-electron chi connectivity index (χ2n) is 11.0. The van der Waals surface area contributed by atoms with Gasteiger partial charge in [0.2, 0.25) is 0 Å². The monoisotopic (exact) mass is 444 g/mol. The number of hydrogen-bond donors (Lipinski definition) is 0. The number of para-hydroxylation sites is 2. The summed E-state index contributed by atoms with van der Waals surface area (Å²) in [7, 11) is 0. The molecule has 0 heterocycles. The van der Waals surface area contributed by atoms with Crippen LogP contribution in [0.5, 0.6) is 0 Å². The van der Waals surface area contributed by atoms with E-state index in [9.17, 15) is 0 Å². The first-order valence-electron chi connectivity index (χ1n) is 13.0. The van der Waals surface area contributed by atoms with Crippen molar-refractivity contribution in [1.29, 1.82) is 0 Å². The fourth-order valence-electron chi connectivity index (χ4n) is 5.05. The first kappa shape index (κ1) is 25.4. The lowest BCUT2D eigenvalue weighted by Crippen LogP contribution is -2.11. The largest absolute Gasteiger partial charge is 0.260 e. The molecular formula is C31H44N2. The molecule has 2 nitrogen and oxygen atoms in total. The van der Waals surface area contributed by atoms with Gasteiger partial charge in [0, 0.05) is 24.3 Å². The molecular weight excluding hydrogens is 400 g/mol. The van der Waals surface area contributed by atoms with Crippen LogP contribution in [0.2, 0.25) is 0 Å². The zero-order valence-corrected chi connectivity index (χ0v) is 22.1. The van der Waals surface area contributed by atoms with Crippen LogP contribution in [0.1, 0.15) is 121 Å². The van der Waals surface area contributed by atoms with Gasteiger partial charge in [-0.2, -0.15) is 0 Å². The quantitative estimate of drug-likeness (QED) is 0.362. The molecule has 0 bridgehead atoms. The summed E-state index contributed by atoms with van der Waals surface area (Å²) in [6.07, 6.45) is 8.13. The summed E-state index contributed by atoms with van der Waals surface area (Å²) in [5.74, 6) is 2.81. The fourth-order valence-corrected chi connectivity index (χ4v) is 5.05. The Labute approximate surface area is 202 Å². The maximum atomic E-state index is 5.14. The number of nitrogens with zero attached hydrogens (tertiary/aromatic N) is 2. The molecule has 0 radical (unpaired) electrons. The van der Waals surface area contributed by atoms with E-state index >= 15 is 0 Å². The van der Waals surface area contributed by atoms with Crippen molar-refractivity contribution in [1.82, 2.24) is 0 Å². The molecule has 2 heteroatoms. The Kier molecular flexibility index (Phi) is 8.68. The third-order valence-electron chi connectivity index (χ3n) is 7.10. The lowest BCUT2D eigenvalue weighted by Gasteiger charge is -2.18. The van der Waals surface area contributed by atoms with Crippen LogP contribution < -0.4 is 0 Å². The highest BCUT2D eigenvalue weighted by Crippen LogP contribution is 2.38. The first-order valence-corrected chi connectivity index (χ1v) is 13.0. The summed E-state index contributed by atoms with van der Waals surface area (Å²) in [6, 6.07) is 13.3. The van der Waals surface area contributed by atoms with Gasteiger partial charge in [0.05, 0.1) is 11.4 Å². The summed E-state index contributed by atoms with van der Waals surface area (Å²) in [4.78, 5) is 10.3. The lowest BCUT2D eigenvalue weighted by molar-refractivity contribution is 0.646. The Morgan fingerprint density at radius 2 is 0.879 bits per heavy atom. The topological polar surface area (TPSA) is 24.7 Å². The minimum atomic E-state index is 0.461. The van der Waals surface area contributed by atoms with Crippen LogP contribution in [0.15, 0.2) is 46.4 Å².